The highest BCUT2D eigenvalue weighted by molar-refractivity contribution is 5.72. The summed E-state index contributed by atoms with van der Waals surface area (Å²) in [4.78, 5) is 10.0. The zero-order chi connectivity index (χ0) is 12.4. The van der Waals surface area contributed by atoms with Gasteiger partial charge in [0, 0.05) is 6.04 Å². The second kappa shape index (κ2) is 9.60. The number of rotatable bonds is 4. The van der Waals surface area contributed by atoms with E-state index in [4.69, 9.17) is 5.11 Å². The first-order chi connectivity index (χ1) is 7.61. The Morgan fingerprint density at radius 1 is 1.38 bits per heavy atom. The number of carbonyl (C=O) groups is 1. The quantitative estimate of drug-likeness (QED) is 0.686. The molecule has 1 saturated carbocycles. The number of carboxylic acids is 1. The summed E-state index contributed by atoms with van der Waals surface area (Å²) in [5, 5.41) is 14.3. The molecule has 1 unspecified atom stereocenters. The Kier molecular flexibility index (Phi) is 9.24. The van der Waals surface area contributed by atoms with Gasteiger partial charge >= 0.3 is 5.97 Å². The highest BCUT2D eigenvalue weighted by Gasteiger charge is 2.09. The van der Waals surface area contributed by atoms with Gasteiger partial charge in [0.1, 0.15) is 6.04 Å². The van der Waals surface area contributed by atoms with Crippen molar-refractivity contribution >= 4 is 5.97 Å². The van der Waals surface area contributed by atoms with E-state index >= 15 is 0 Å². The average Bonchev–Trinajstić information content (AvgIpc) is 2.31. The van der Waals surface area contributed by atoms with Crippen LogP contribution in [0.5, 0.6) is 0 Å². The monoisotopic (exact) mass is 230 g/mol. The van der Waals surface area contributed by atoms with E-state index in [-0.39, 0.29) is 0 Å². The first-order valence-electron chi connectivity index (χ1n) is 6.25. The molecule has 1 aliphatic carbocycles. The third-order valence-corrected chi connectivity index (χ3v) is 2.89. The zero-order valence-corrected chi connectivity index (χ0v) is 10.8. The molecule has 0 heterocycles. The van der Waals surface area contributed by atoms with E-state index in [0.717, 1.165) is 6.04 Å². The van der Waals surface area contributed by atoms with Crippen LogP contribution in [0, 0.1) is 0 Å². The molecule has 0 saturated heterocycles. The van der Waals surface area contributed by atoms with Crippen LogP contribution in [0.15, 0.2) is 0 Å². The van der Waals surface area contributed by atoms with Crippen molar-refractivity contribution in [3.8, 4) is 0 Å². The van der Waals surface area contributed by atoms with Crippen molar-refractivity contribution in [1.82, 2.24) is 10.6 Å². The molecule has 0 aromatic rings. The fourth-order valence-corrected chi connectivity index (χ4v) is 1.78. The largest absolute Gasteiger partial charge is 0.480 e. The van der Waals surface area contributed by atoms with E-state index in [2.05, 4.69) is 17.7 Å². The smallest absolute Gasteiger partial charge is 0.320 e. The number of aliphatic carboxylic acids is 1. The molecule has 0 bridgehead atoms. The van der Waals surface area contributed by atoms with Gasteiger partial charge in [0.2, 0.25) is 0 Å². The predicted octanol–water partition coefficient (Wildman–Crippen LogP) is 1.61. The number of hydrogen-bond donors (Lipinski definition) is 3. The maximum absolute atomic E-state index is 10.0. The van der Waals surface area contributed by atoms with Gasteiger partial charge in [0.15, 0.2) is 0 Å². The van der Waals surface area contributed by atoms with Gasteiger partial charge in [0.25, 0.3) is 0 Å². The summed E-state index contributed by atoms with van der Waals surface area (Å²) in [5.41, 5.74) is 0. The van der Waals surface area contributed by atoms with Gasteiger partial charge in [-0.15, -0.1) is 0 Å². The fraction of sp³-hybridized carbons (Fsp3) is 0.917. The van der Waals surface area contributed by atoms with Crippen molar-refractivity contribution in [3.63, 3.8) is 0 Å². The molecule has 3 N–H and O–H groups in total. The highest BCUT2D eigenvalue weighted by atomic mass is 16.4. The van der Waals surface area contributed by atoms with Gasteiger partial charge in [-0.1, -0.05) is 26.2 Å². The van der Waals surface area contributed by atoms with Crippen LogP contribution in [-0.4, -0.2) is 36.8 Å². The second-order valence-electron chi connectivity index (χ2n) is 4.24. The first-order valence-corrected chi connectivity index (χ1v) is 6.25. The molecule has 0 aromatic carbocycles. The van der Waals surface area contributed by atoms with Gasteiger partial charge in [-0.3, -0.25) is 4.79 Å². The molecule has 4 heteroatoms. The molecule has 4 nitrogen and oxygen atoms in total. The van der Waals surface area contributed by atoms with Crippen molar-refractivity contribution in [2.45, 2.75) is 58.0 Å². The van der Waals surface area contributed by atoms with Crippen molar-refractivity contribution in [1.29, 1.82) is 0 Å². The minimum absolute atomic E-state index is 0.417. The van der Waals surface area contributed by atoms with Gasteiger partial charge in [-0.05, 0) is 33.4 Å². The van der Waals surface area contributed by atoms with Crippen molar-refractivity contribution in [2.75, 3.05) is 13.6 Å². The number of likely N-dealkylation sites (N-methyl/N-ethyl adjacent to an activating group) is 1. The summed E-state index contributed by atoms with van der Waals surface area (Å²) in [6.07, 6.45) is 7.13. The lowest BCUT2D eigenvalue weighted by molar-refractivity contribution is -0.138. The maximum atomic E-state index is 10.0. The van der Waals surface area contributed by atoms with E-state index in [0.29, 0.717) is 6.54 Å². The standard InChI is InChI=1S/C7H15N.C5H11NO2/c1-8-7-5-3-2-4-6-7;1-3-6-4(2)5(7)8/h7-8H,2-6H2,1H3;4,6H,3H2,1-2H3,(H,7,8). The summed E-state index contributed by atoms with van der Waals surface area (Å²) in [7, 11) is 2.07. The summed E-state index contributed by atoms with van der Waals surface area (Å²) in [6, 6.07) is 0.420. The molecule has 1 aliphatic rings. The fourth-order valence-electron chi connectivity index (χ4n) is 1.78. The second-order valence-corrected chi connectivity index (χ2v) is 4.24. The molecule has 0 aliphatic heterocycles. The van der Waals surface area contributed by atoms with Gasteiger partial charge < -0.3 is 15.7 Å². The van der Waals surface area contributed by atoms with Crippen LogP contribution in [-0.2, 0) is 4.79 Å². The summed E-state index contributed by atoms with van der Waals surface area (Å²) >= 11 is 0. The third-order valence-electron chi connectivity index (χ3n) is 2.89. The van der Waals surface area contributed by atoms with E-state index < -0.39 is 12.0 Å². The van der Waals surface area contributed by atoms with E-state index in [1.165, 1.54) is 32.1 Å². The summed E-state index contributed by atoms with van der Waals surface area (Å²) in [5.74, 6) is -0.799. The van der Waals surface area contributed by atoms with Crippen LogP contribution >= 0.6 is 0 Å². The Labute approximate surface area is 98.8 Å². The Balaban J connectivity index is 0.000000281. The van der Waals surface area contributed by atoms with Crippen LogP contribution in [0.1, 0.15) is 46.0 Å². The SMILES string of the molecule is CCNC(C)C(=O)O.CNC1CCCCC1. The van der Waals surface area contributed by atoms with Crippen molar-refractivity contribution < 1.29 is 9.90 Å². The van der Waals surface area contributed by atoms with Crippen LogP contribution in [0.25, 0.3) is 0 Å². The van der Waals surface area contributed by atoms with Gasteiger partial charge in [-0.2, -0.15) is 0 Å². The number of carboxylic acid groups (broad SMARTS) is 1. The normalized spacial score (nSPS) is 18.4. The topological polar surface area (TPSA) is 61.4 Å². The van der Waals surface area contributed by atoms with Crippen molar-refractivity contribution in [3.05, 3.63) is 0 Å². The zero-order valence-electron chi connectivity index (χ0n) is 10.8. The lowest BCUT2D eigenvalue weighted by atomic mass is 9.96. The Bertz CT molecular complexity index is 180. The third kappa shape index (κ3) is 7.65. The van der Waals surface area contributed by atoms with Crippen molar-refractivity contribution in [2.24, 2.45) is 0 Å². The molecular weight excluding hydrogens is 204 g/mol. The number of hydrogen-bond acceptors (Lipinski definition) is 3. The molecule has 0 amide bonds. The maximum Gasteiger partial charge on any atom is 0.320 e. The Morgan fingerprint density at radius 3 is 2.19 bits per heavy atom. The molecule has 16 heavy (non-hydrogen) atoms. The minimum Gasteiger partial charge on any atom is -0.480 e. The number of nitrogens with one attached hydrogen (secondary N) is 2. The summed E-state index contributed by atoms with van der Waals surface area (Å²) in [6.45, 7) is 4.19. The lowest BCUT2D eigenvalue weighted by Gasteiger charge is -2.20. The van der Waals surface area contributed by atoms with E-state index in [1.54, 1.807) is 6.92 Å². The van der Waals surface area contributed by atoms with Gasteiger partial charge in [0.05, 0.1) is 0 Å². The minimum atomic E-state index is -0.799. The van der Waals surface area contributed by atoms with Crippen LogP contribution in [0.3, 0.4) is 0 Å². The van der Waals surface area contributed by atoms with Crippen LogP contribution in [0.4, 0.5) is 0 Å². The molecule has 1 atom stereocenters. The Hall–Kier alpha value is -0.610. The Morgan fingerprint density at radius 2 is 1.94 bits per heavy atom. The molecule has 96 valence electrons. The summed E-state index contributed by atoms with van der Waals surface area (Å²) < 4.78 is 0. The molecular formula is C12H26N2O2. The molecule has 1 fully saturated rings. The van der Waals surface area contributed by atoms with Gasteiger partial charge in [-0.25, -0.2) is 0 Å². The molecule has 1 rings (SSSR count). The van der Waals surface area contributed by atoms with Crippen LogP contribution < -0.4 is 10.6 Å². The van der Waals surface area contributed by atoms with E-state index in [9.17, 15) is 4.79 Å². The van der Waals surface area contributed by atoms with E-state index in [1.807, 2.05) is 6.92 Å². The first kappa shape index (κ1) is 15.4. The highest BCUT2D eigenvalue weighted by Crippen LogP contribution is 2.16. The molecule has 0 radical (unpaired) electrons. The molecule has 0 spiro atoms. The predicted molar refractivity (Wildman–Crippen MR) is 66.7 cm³/mol. The molecule has 0 aromatic heterocycles. The average molecular weight is 230 g/mol. The lowest BCUT2D eigenvalue weighted by Crippen LogP contribution is -2.33. The van der Waals surface area contributed by atoms with Crippen LogP contribution in [0.2, 0.25) is 0 Å².